The Morgan fingerprint density at radius 2 is 1.61 bits per heavy atom. The number of hydrogen-bond donors (Lipinski definition) is 7. The van der Waals surface area contributed by atoms with Crippen LogP contribution in [0.5, 0.6) is 40.2 Å². The molecule has 380 valence electrons. The summed E-state index contributed by atoms with van der Waals surface area (Å²) < 4.78 is 41.0. The molecule has 3 fully saturated rings. The van der Waals surface area contributed by atoms with Gasteiger partial charge >= 0.3 is 0 Å². The van der Waals surface area contributed by atoms with E-state index in [1.165, 1.54) is 6.42 Å². The lowest BCUT2D eigenvalue weighted by molar-refractivity contribution is -0.149. The highest BCUT2D eigenvalue weighted by molar-refractivity contribution is 5.96. The van der Waals surface area contributed by atoms with Gasteiger partial charge in [0, 0.05) is 84.3 Å². The summed E-state index contributed by atoms with van der Waals surface area (Å²) in [7, 11) is 1.69. The molecule has 0 amide bonds. The number of phenolic OH excluding ortho intramolecular Hbond substituents is 3. The number of hydrogen-bond acceptors (Lipinski definition) is 13. The quantitative estimate of drug-likeness (QED) is 0.0465. The molecule has 5 aromatic carbocycles. The third kappa shape index (κ3) is 9.54. The van der Waals surface area contributed by atoms with Crippen molar-refractivity contribution in [3.8, 4) is 63.2 Å². The molecule has 0 aromatic heterocycles. The monoisotopic (exact) mass is 980 g/mol. The number of methoxy groups -OCH3 is 1. The lowest BCUT2D eigenvalue weighted by Crippen LogP contribution is -2.68. The van der Waals surface area contributed by atoms with Crippen LogP contribution in [0.3, 0.4) is 0 Å². The van der Waals surface area contributed by atoms with Gasteiger partial charge in [-0.15, -0.1) is 0 Å². The van der Waals surface area contributed by atoms with E-state index < -0.39 is 36.3 Å². The van der Waals surface area contributed by atoms with Gasteiger partial charge in [0.25, 0.3) is 0 Å². The lowest BCUT2D eigenvalue weighted by atomic mass is 9.67. The number of ether oxygens (including phenoxy) is 6. The maximum absolute atomic E-state index is 13.3. The Labute approximate surface area is 421 Å². The van der Waals surface area contributed by atoms with E-state index in [9.17, 15) is 25.5 Å². The first-order valence-corrected chi connectivity index (χ1v) is 26.3. The number of phenols is 3. The fourth-order valence-corrected chi connectivity index (χ4v) is 13.1. The number of aliphatic hydroxyl groups is 2. The van der Waals surface area contributed by atoms with Crippen molar-refractivity contribution in [2.45, 2.75) is 126 Å². The zero-order valence-corrected chi connectivity index (χ0v) is 41.1. The summed E-state index contributed by atoms with van der Waals surface area (Å²) in [5, 5.41) is 65.5. The van der Waals surface area contributed by atoms with E-state index in [4.69, 9.17) is 28.4 Å². The molecular weight excluding hydrogens is 913 g/mol. The molecule has 1 spiro atoms. The van der Waals surface area contributed by atoms with Crippen molar-refractivity contribution in [3.63, 3.8) is 0 Å². The van der Waals surface area contributed by atoms with E-state index in [1.807, 2.05) is 36.4 Å². The Hall–Kier alpha value is -5.72. The topological polar surface area (TPSA) is 181 Å². The van der Waals surface area contributed by atoms with Crippen molar-refractivity contribution in [1.29, 1.82) is 0 Å². The molecule has 2 bridgehead atoms. The van der Waals surface area contributed by atoms with Crippen LogP contribution in [0.1, 0.15) is 112 Å². The van der Waals surface area contributed by atoms with Crippen molar-refractivity contribution >= 4 is 10.8 Å². The summed E-state index contributed by atoms with van der Waals surface area (Å²) in [5.74, 6) is 8.56. The minimum absolute atomic E-state index is 0.0384. The first-order chi connectivity index (χ1) is 35.2. The van der Waals surface area contributed by atoms with Gasteiger partial charge in [-0.2, -0.15) is 0 Å². The summed E-state index contributed by atoms with van der Waals surface area (Å²) in [6.45, 7) is 1.23. The van der Waals surface area contributed by atoms with E-state index in [1.54, 1.807) is 49.6 Å². The van der Waals surface area contributed by atoms with Gasteiger partial charge in [-0.25, -0.2) is 0 Å². The first kappa shape index (κ1) is 48.5. The van der Waals surface area contributed by atoms with Gasteiger partial charge in [-0.1, -0.05) is 49.3 Å². The molecule has 1 saturated heterocycles. The Kier molecular flexibility index (Phi) is 14.2. The van der Waals surface area contributed by atoms with Gasteiger partial charge in [-0.05, 0) is 135 Å². The molecule has 0 unspecified atom stereocenters. The number of rotatable bonds is 12. The Balaban J connectivity index is 1.05. The molecule has 0 radical (unpaired) electrons. The average molecular weight is 981 g/mol. The predicted molar refractivity (Wildman–Crippen MR) is 273 cm³/mol. The van der Waals surface area contributed by atoms with Crippen LogP contribution in [0.25, 0.3) is 21.9 Å². The van der Waals surface area contributed by atoms with Gasteiger partial charge in [0.1, 0.15) is 53.0 Å². The van der Waals surface area contributed by atoms with Crippen molar-refractivity contribution in [3.05, 3.63) is 101 Å². The summed E-state index contributed by atoms with van der Waals surface area (Å²) in [4.78, 5) is 0. The summed E-state index contributed by atoms with van der Waals surface area (Å²) in [6.07, 6.45) is 8.61. The SMILES string of the molecule is COCCC[C@H]1Oc2c3cc(c4cc(O)ccc24)OCC#C[C@H]2[C@H](NCNC24CCCCC4)[C@H](CCO)O[C@@H]3[C@@H]1[C@H]1COc2c(Cc3cc(O)ccc3-c3cccc(O)c3)cc(OC3CCCC3)cc2[C@H]1O. The highest BCUT2D eigenvalue weighted by Gasteiger charge is 2.53. The number of nitrogens with one attached hydrogen (secondary N) is 2. The van der Waals surface area contributed by atoms with E-state index in [-0.39, 0.29) is 60.7 Å². The maximum atomic E-state index is 13.3. The summed E-state index contributed by atoms with van der Waals surface area (Å²) in [6, 6.07) is 23.2. The normalized spacial score (nSPS) is 26.7. The van der Waals surface area contributed by atoms with Crippen molar-refractivity contribution < 1.29 is 54.0 Å². The van der Waals surface area contributed by atoms with Crippen LogP contribution in [-0.4, -0.2) is 95.6 Å². The Morgan fingerprint density at radius 1 is 0.792 bits per heavy atom. The molecule has 2 saturated carbocycles. The van der Waals surface area contributed by atoms with Crippen LogP contribution in [0, 0.1) is 29.6 Å². The Bertz CT molecular complexity index is 2810. The first-order valence-electron chi connectivity index (χ1n) is 26.3. The van der Waals surface area contributed by atoms with Crippen LogP contribution in [0.2, 0.25) is 0 Å². The second-order valence-corrected chi connectivity index (χ2v) is 20.9. The molecular formula is C59H68N2O11. The molecule has 11 rings (SSSR count). The fourth-order valence-electron chi connectivity index (χ4n) is 13.1. The standard InChI is InChI=1S/C59H68N2O11/c1-67-24-9-15-50-53(48-33-69-56-37(29-42(31-46(56)55(48)66)70-41-12-3-4-13-41)26-36-28-39(64)16-18-43(36)35-10-7-11-38(63)27-35)58-47-32-52(45-30-40(65)17-19-44(45)57(47)71-50)68-25-8-14-49-54(51(72-58)20-23-62)60-34-61-59(49)21-5-2-6-22-59/h7,10-11,16-19,27-32,41,48-51,53-55,58,60-66H,2-6,9,12-13,15,20-26,33-34H2,1H3/t48-,49+,50-,51+,53-,54+,55-,58+/m1/s1. The third-order valence-electron chi connectivity index (χ3n) is 16.5. The maximum Gasteiger partial charge on any atom is 0.149 e. The second-order valence-electron chi connectivity index (χ2n) is 20.9. The number of aromatic hydroxyl groups is 3. The summed E-state index contributed by atoms with van der Waals surface area (Å²) in [5.41, 5.74) is 4.38. The van der Waals surface area contributed by atoms with Crippen LogP contribution in [-0.2, 0) is 15.9 Å². The molecule has 72 heavy (non-hydrogen) atoms. The third-order valence-corrected chi connectivity index (χ3v) is 16.5. The van der Waals surface area contributed by atoms with Crippen LogP contribution in [0.4, 0.5) is 0 Å². The molecule has 5 aromatic rings. The lowest BCUT2D eigenvalue weighted by Gasteiger charge is -2.52. The molecule has 13 nitrogen and oxygen atoms in total. The highest BCUT2D eigenvalue weighted by atomic mass is 16.5. The average Bonchev–Trinajstić information content (AvgIpc) is 3.89. The molecule has 13 heteroatoms. The van der Waals surface area contributed by atoms with Gasteiger partial charge < -0.3 is 54.0 Å². The molecule has 6 aliphatic rings. The zero-order valence-electron chi connectivity index (χ0n) is 41.1. The second kappa shape index (κ2) is 21.0. The minimum atomic E-state index is -1.06. The molecule has 7 N–H and O–H groups in total. The Morgan fingerprint density at radius 3 is 2.43 bits per heavy atom. The zero-order chi connectivity index (χ0) is 49.3. The van der Waals surface area contributed by atoms with E-state index in [0.717, 1.165) is 84.6 Å². The van der Waals surface area contributed by atoms with Crippen LogP contribution in [0.15, 0.2) is 78.9 Å². The number of benzene rings is 5. The van der Waals surface area contributed by atoms with E-state index in [0.29, 0.717) is 72.9 Å². The molecule has 4 aliphatic heterocycles. The molecule has 8 atom stereocenters. The fraction of sp³-hybridized carbons (Fsp3) is 0.492. The van der Waals surface area contributed by atoms with Gasteiger partial charge in [-0.3, -0.25) is 10.6 Å². The van der Waals surface area contributed by atoms with Crippen LogP contribution >= 0.6 is 0 Å². The van der Waals surface area contributed by atoms with Crippen LogP contribution < -0.4 is 29.6 Å². The highest BCUT2D eigenvalue weighted by Crippen LogP contribution is 2.56. The van der Waals surface area contributed by atoms with Gasteiger partial charge in [0.2, 0.25) is 0 Å². The molecule has 4 heterocycles. The number of fused-ring (bicyclic) bond motifs is 7. The largest absolute Gasteiger partial charge is 0.508 e. The number of aliphatic hydroxyl groups excluding tert-OH is 2. The van der Waals surface area contributed by atoms with Crippen molar-refractivity contribution in [1.82, 2.24) is 10.6 Å². The van der Waals surface area contributed by atoms with E-state index in [2.05, 4.69) is 22.5 Å². The molecule has 2 aliphatic carbocycles. The predicted octanol–water partition coefficient (Wildman–Crippen LogP) is 9.12. The van der Waals surface area contributed by atoms with E-state index >= 15 is 0 Å². The van der Waals surface area contributed by atoms with Crippen molar-refractivity contribution in [2.24, 2.45) is 17.8 Å². The van der Waals surface area contributed by atoms with Crippen molar-refractivity contribution in [2.75, 3.05) is 40.2 Å². The minimum Gasteiger partial charge on any atom is -0.508 e. The summed E-state index contributed by atoms with van der Waals surface area (Å²) >= 11 is 0. The smallest absolute Gasteiger partial charge is 0.149 e. The van der Waals surface area contributed by atoms with Gasteiger partial charge in [0.15, 0.2) is 0 Å². The van der Waals surface area contributed by atoms with Gasteiger partial charge in [0.05, 0.1) is 36.9 Å².